The summed E-state index contributed by atoms with van der Waals surface area (Å²) in [7, 11) is 0. The molecule has 0 aliphatic heterocycles. The Morgan fingerprint density at radius 3 is 0.892 bits per heavy atom. The van der Waals surface area contributed by atoms with Crippen molar-refractivity contribution >= 4 is 0 Å². The zero-order valence-corrected chi connectivity index (χ0v) is 36.6. The quantitative estimate of drug-likeness (QED) is 0.135. The third-order valence-electron chi connectivity index (χ3n) is 11.3. The van der Waals surface area contributed by atoms with E-state index >= 15 is 0 Å². The molecule has 0 spiro atoms. The SMILES string of the molecule is CC(C)c1cc(-c2cccc(-c3ccncc3)c2)cc(-c2cccc(-c3ccncc3)c2)c1.CCc1nc(-c2cccc(-c3ccncc3)c2)nc(-c2cccc(-c3ccncc3)c2)n1. The average Bonchev–Trinajstić information content (AvgIpc) is 3.39. The highest BCUT2D eigenvalue weighted by molar-refractivity contribution is 5.80. The van der Waals surface area contributed by atoms with Crippen molar-refractivity contribution in [2.24, 2.45) is 0 Å². The molecule has 10 aromatic rings. The molecule has 7 nitrogen and oxygen atoms in total. The van der Waals surface area contributed by atoms with E-state index in [4.69, 9.17) is 15.0 Å². The summed E-state index contributed by atoms with van der Waals surface area (Å²) in [6, 6.07) is 57.2. The van der Waals surface area contributed by atoms with E-state index in [-0.39, 0.29) is 0 Å². The predicted molar refractivity (Wildman–Crippen MR) is 264 cm³/mol. The minimum absolute atomic E-state index is 0.440. The Labute approximate surface area is 380 Å². The number of aromatic nitrogens is 7. The van der Waals surface area contributed by atoms with Gasteiger partial charge in [-0.1, -0.05) is 106 Å². The first kappa shape index (κ1) is 42.0. The van der Waals surface area contributed by atoms with E-state index < -0.39 is 0 Å². The molecule has 0 aliphatic rings. The largest absolute Gasteiger partial charge is 0.265 e. The standard InChI is InChI=1S/C31H26N2.C27H21N5/c1-22(2)29-19-30(27-7-3-5-25(17-27)23-9-13-32-14-10-23)21-31(20-29)28-8-4-6-26(18-28)24-11-15-33-16-12-24;1-2-25-30-26(23-7-3-5-21(17-23)19-9-13-28-14-10-19)32-27(31-25)24-8-4-6-22(18-24)20-11-15-29-16-12-20/h3-22H,1-2H3;3-18H,2H2,1H3. The lowest BCUT2D eigenvalue weighted by molar-refractivity contribution is 0.867. The molecule has 0 saturated carbocycles. The van der Waals surface area contributed by atoms with Crippen LogP contribution in [-0.2, 0) is 6.42 Å². The first-order chi connectivity index (χ1) is 32.0. The average molecular weight is 842 g/mol. The predicted octanol–water partition coefficient (Wildman–Crippen LogP) is 14.2. The summed E-state index contributed by atoms with van der Waals surface area (Å²) in [4.78, 5) is 30.8. The van der Waals surface area contributed by atoms with Gasteiger partial charge in [-0.2, -0.15) is 0 Å². The van der Waals surface area contributed by atoms with E-state index in [1.54, 1.807) is 24.8 Å². The maximum atomic E-state index is 4.84. The lowest BCUT2D eigenvalue weighted by Crippen LogP contribution is -2.02. The number of nitrogens with zero attached hydrogens (tertiary/aromatic N) is 7. The van der Waals surface area contributed by atoms with Crippen LogP contribution in [0.4, 0.5) is 0 Å². The van der Waals surface area contributed by atoms with Gasteiger partial charge < -0.3 is 0 Å². The molecule has 0 bridgehead atoms. The first-order valence-corrected chi connectivity index (χ1v) is 21.9. The lowest BCUT2D eigenvalue weighted by Gasteiger charge is -2.14. The van der Waals surface area contributed by atoms with Gasteiger partial charge in [-0.3, -0.25) is 19.9 Å². The van der Waals surface area contributed by atoms with E-state index in [1.165, 1.54) is 50.1 Å². The molecular formula is C58H47N7. The van der Waals surface area contributed by atoms with Crippen LogP contribution in [0, 0.1) is 0 Å². The van der Waals surface area contributed by atoms with Crippen LogP contribution in [0.15, 0.2) is 213 Å². The number of hydrogen-bond donors (Lipinski definition) is 0. The summed E-state index contributed by atoms with van der Waals surface area (Å²) in [5.41, 5.74) is 17.4. The summed E-state index contributed by atoms with van der Waals surface area (Å²) in [6.07, 6.45) is 15.3. The smallest absolute Gasteiger partial charge is 0.163 e. The van der Waals surface area contributed by atoms with Crippen LogP contribution in [0.3, 0.4) is 0 Å². The molecular weight excluding hydrogens is 795 g/mol. The Balaban J connectivity index is 0.000000164. The first-order valence-electron chi connectivity index (χ1n) is 21.9. The van der Waals surface area contributed by atoms with Gasteiger partial charge in [0, 0.05) is 67.1 Å². The van der Waals surface area contributed by atoms with Gasteiger partial charge in [0.25, 0.3) is 0 Å². The van der Waals surface area contributed by atoms with Gasteiger partial charge in [-0.15, -0.1) is 0 Å². The second-order valence-electron chi connectivity index (χ2n) is 16.0. The summed E-state index contributed by atoms with van der Waals surface area (Å²) < 4.78 is 0. The van der Waals surface area contributed by atoms with Gasteiger partial charge in [0.15, 0.2) is 11.6 Å². The zero-order chi connectivity index (χ0) is 44.4. The molecule has 65 heavy (non-hydrogen) atoms. The van der Waals surface area contributed by atoms with Crippen molar-refractivity contribution in [3.63, 3.8) is 0 Å². The van der Waals surface area contributed by atoms with Gasteiger partial charge >= 0.3 is 0 Å². The second kappa shape index (κ2) is 19.8. The van der Waals surface area contributed by atoms with E-state index in [2.05, 4.69) is 156 Å². The molecule has 0 saturated heterocycles. The summed E-state index contributed by atoms with van der Waals surface area (Å²) in [6.45, 7) is 6.57. The van der Waals surface area contributed by atoms with Crippen LogP contribution in [0.25, 0.3) is 89.5 Å². The number of hydrogen-bond acceptors (Lipinski definition) is 7. The monoisotopic (exact) mass is 841 g/mol. The summed E-state index contributed by atoms with van der Waals surface area (Å²) in [5.74, 6) is 2.57. The number of pyridine rings is 4. The van der Waals surface area contributed by atoms with Crippen LogP contribution in [0.5, 0.6) is 0 Å². The molecule has 10 rings (SSSR count). The van der Waals surface area contributed by atoms with Crippen molar-refractivity contribution in [1.29, 1.82) is 0 Å². The molecule has 5 aromatic carbocycles. The van der Waals surface area contributed by atoms with Crippen LogP contribution in [0.1, 0.15) is 38.1 Å². The van der Waals surface area contributed by atoms with Crippen LogP contribution < -0.4 is 0 Å². The third-order valence-corrected chi connectivity index (χ3v) is 11.3. The number of aryl methyl sites for hydroxylation is 1. The minimum atomic E-state index is 0.440. The van der Waals surface area contributed by atoms with Gasteiger partial charge in [0.1, 0.15) is 5.82 Å². The molecule has 0 fully saturated rings. The normalized spacial score (nSPS) is 10.9. The molecule has 0 N–H and O–H groups in total. The summed E-state index contributed by atoms with van der Waals surface area (Å²) >= 11 is 0. The van der Waals surface area contributed by atoms with Gasteiger partial charge in [0.05, 0.1) is 0 Å². The van der Waals surface area contributed by atoms with Crippen molar-refractivity contribution in [1.82, 2.24) is 34.9 Å². The third kappa shape index (κ3) is 10.2. The highest BCUT2D eigenvalue weighted by Crippen LogP contribution is 2.35. The van der Waals surface area contributed by atoms with Crippen molar-refractivity contribution in [2.75, 3.05) is 0 Å². The fourth-order valence-electron chi connectivity index (χ4n) is 7.76. The Bertz CT molecular complexity index is 2950. The highest BCUT2D eigenvalue weighted by Gasteiger charge is 2.13. The molecule has 7 heteroatoms. The van der Waals surface area contributed by atoms with E-state index in [9.17, 15) is 0 Å². The molecule has 0 radical (unpaired) electrons. The zero-order valence-electron chi connectivity index (χ0n) is 36.6. The second-order valence-corrected chi connectivity index (χ2v) is 16.0. The summed E-state index contributed by atoms with van der Waals surface area (Å²) in [5, 5.41) is 0. The van der Waals surface area contributed by atoms with E-state index in [1.807, 2.05) is 73.3 Å². The number of rotatable bonds is 10. The molecule has 5 heterocycles. The fourth-order valence-corrected chi connectivity index (χ4v) is 7.76. The van der Waals surface area contributed by atoms with Gasteiger partial charge in [0.2, 0.25) is 0 Å². The molecule has 0 amide bonds. The van der Waals surface area contributed by atoms with Crippen LogP contribution >= 0.6 is 0 Å². The van der Waals surface area contributed by atoms with Gasteiger partial charge in [-0.05, 0) is 157 Å². The van der Waals surface area contributed by atoms with E-state index in [0.29, 0.717) is 17.6 Å². The maximum Gasteiger partial charge on any atom is 0.163 e. The Kier molecular flexibility index (Phi) is 12.8. The molecule has 314 valence electrons. The Morgan fingerprint density at radius 2 is 0.585 bits per heavy atom. The van der Waals surface area contributed by atoms with Crippen molar-refractivity contribution in [3.8, 4) is 89.5 Å². The number of benzene rings is 5. The highest BCUT2D eigenvalue weighted by atomic mass is 15.0. The maximum absolute atomic E-state index is 4.84. The topological polar surface area (TPSA) is 90.2 Å². The Hall–Kier alpha value is -8.29. The van der Waals surface area contributed by atoms with Crippen LogP contribution in [0.2, 0.25) is 0 Å². The van der Waals surface area contributed by atoms with E-state index in [0.717, 1.165) is 45.6 Å². The fraction of sp³-hybridized carbons (Fsp3) is 0.0862. The Morgan fingerprint density at radius 1 is 0.308 bits per heavy atom. The van der Waals surface area contributed by atoms with Crippen molar-refractivity contribution in [2.45, 2.75) is 33.1 Å². The van der Waals surface area contributed by atoms with Gasteiger partial charge in [-0.25, -0.2) is 15.0 Å². The molecule has 0 unspecified atom stereocenters. The molecule has 5 aromatic heterocycles. The molecule has 0 atom stereocenters. The molecule has 0 aliphatic carbocycles. The minimum Gasteiger partial charge on any atom is -0.265 e. The van der Waals surface area contributed by atoms with Crippen molar-refractivity contribution in [3.05, 3.63) is 225 Å². The van der Waals surface area contributed by atoms with Crippen molar-refractivity contribution < 1.29 is 0 Å². The van der Waals surface area contributed by atoms with Crippen LogP contribution in [-0.4, -0.2) is 34.9 Å². The lowest BCUT2D eigenvalue weighted by atomic mass is 9.90.